The third kappa shape index (κ3) is 5.31. The van der Waals surface area contributed by atoms with E-state index in [1.165, 1.54) is 0 Å². The minimum absolute atomic E-state index is 0.0651. The number of halogens is 1. The number of esters is 1. The number of aliphatic hydroxyl groups excluding tert-OH is 1. The van der Waals surface area contributed by atoms with Gasteiger partial charge >= 0.3 is 5.97 Å². The van der Waals surface area contributed by atoms with E-state index in [0.717, 1.165) is 11.6 Å². The summed E-state index contributed by atoms with van der Waals surface area (Å²) in [5, 5.41) is 10.1. The number of carbonyl (C=O) groups excluding carboxylic acids is 1. The molecule has 0 amide bonds. The van der Waals surface area contributed by atoms with Crippen molar-refractivity contribution in [2.24, 2.45) is 0 Å². The number of carbonyl (C=O) groups is 1. The molecule has 0 fully saturated rings. The Morgan fingerprint density at radius 2 is 2.17 bits per heavy atom. The largest absolute Gasteiger partial charge is 0.460 e. The third-order valence-electron chi connectivity index (χ3n) is 2.11. The summed E-state index contributed by atoms with van der Waals surface area (Å²) in [4.78, 5) is 10.7. The van der Waals surface area contributed by atoms with Gasteiger partial charge in [0, 0.05) is 11.1 Å². The molecule has 0 aliphatic heterocycles. The predicted octanol–water partition coefficient (Wildman–Crippen LogP) is 1.95. The Morgan fingerprint density at radius 3 is 2.83 bits per heavy atom. The van der Waals surface area contributed by atoms with Crippen LogP contribution in [0, 0.1) is 0 Å². The van der Waals surface area contributed by atoms with Crippen LogP contribution in [0.4, 0.5) is 0 Å². The molecular formula is C13H15ClO4. The average Bonchev–Trinajstić information content (AvgIpc) is 2.38. The van der Waals surface area contributed by atoms with E-state index < -0.39 is 12.1 Å². The Kier molecular flexibility index (Phi) is 6.43. The molecule has 5 heteroatoms. The van der Waals surface area contributed by atoms with Crippen molar-refractivity contribution in [3.63, 3.8) is 0 Å². The summed E-state index contributed by atoms with van der Waals surface area (Å²) in [6.07, 6.45) is 0.175. The van der Waals surface area contributed by atoms with Gasteiger partial charge in [0.05, 0.1) is 13.2 Å². The van der Waals surface area contributed by atoms with E-state index in [1.54, 1.807) is 6.07 Å². The molecule has 0 spiro atoms. The Bertz CT molecular complexity index is 406. The highest BCUT2D eigenvalue weighted by Gasteiger charge is 2.07. The van der Waals surface area contributed by atoms with E-state index in [2.05, 4.69) is 11.3 Å². The molecule has 0 radical (unpaired) electrons. The van der Waals surface area contributed by atoms with Crippen molar-refractivity contribution < 1.29 is 19.4 Å². The maximum Gasteiger partial charge on any atom is 0.330 e. The molecule has 1 unspecified atom stereocenters. The van der Waals surface area contributed by atoms with Crippen molar-refractivity contribution in [2.45, 2.75) is 12.7 Å². The summed E-state index contributed by atoms with van der Waals surface area (Å²) < 4.78 is 9.94. The van der Waals surface area contributed by atoms with Crippen molar-refractivity contribution >= 4 is 17.6 Å². The summed E-state index contributed by atoms with van der Waals surface area (Å²) >= 11 is 5.94. The zero-order valence-electron chi connectivity index (χ0n) is 9.84. The summed E-state index contributed by atoms with van der Waals surface area (Å²) in [5.41, 5.74) is 0.842. The fourth-order valence-corrected chi connectivity index (χ4v) is 1.40. The normalized spacial score (nSPS) is 11.9. The first-order valence-corrected chi connectivity index (χ1v) is 5.79. The molecule has 98 valence electrons. The van der Waals surface area contributed by atoms with Gasteiger partial charge in [-0.15, -0.1) is 0 Å². The second-order valence-corrected chi connectivity index (χ2v) is 4.00. The molecule has 1 N–H and O–H groups in total. The van der Waals surface area contributed by atoms with Gasteiger partial charge in [0.2, 0.25) is 0 Å². The van der Waals surface area contributed by atoms with Crippen LogP contribution in [0.3, 0.4) is 0 Å². The molecule has 4 nitrogen and oxygen atoms in total. The average molecular weight is 271 g/mol. The SMILES string of the molecule is C=CC(=O)OCC(O)COCc1ccccc1Cl. The second-order valence-electron chi connectivity index (χ2n) is 3.59. The molecule has 0 saturated heterocycles. The summed E-state index contributed by atoms with van der Waals surface area (Å²) in [6, 6.07) is 7.29. The number of ether oxygens (including phenoxy) is 2. The van der Waals surface area contributed by atoms with E-state index in [4.69, 9.17) is 16.3 Å². The Labute approximate surface area is 111 Å². The highest BCUT2D eigenvalue weighted by Crippen LogP contribution is 2.15. The number of benzene rings is 1. The van der Waals surface area contributed by atoms with Crippen LogP contribution < -0.4 is 0 Å². The number of hydrogen-bond donors (Lipinski definition) is 1. The van der Waals surface area contributed by atoms with Crippen LogP contribution in [0.2, 0.25) is 5.02 Å². The van der Waals surface area contributed by atoms with Gasteiger partial charge < -0.3 is 14.6 Å². The lowest BCUT2D eigenvalue weighted by Crippen LogP contribution is -2.23. The van der Waals surface area contributed by atoms with E-state index in [-0.39, 0.29) is 13.2 Å². The van der Waals surface area contributed by atoms with Gasteiger partial charge in [-0.25, -0.2) is 4.79 Å². The molecule has 0 aliphatic rings. The Balaban J connectivity index is 2.23. The zero-order chi connectivity index (χ0) is 13.4. The molecule has 1 aromatic carbocycles. The van der Waals surface area contributed by atoms with Crippen LogP contribution >= 0.6 is 11.6 Å². The van der Waals surface area contributed by atoms with Crippen LogP contribution in [0.15, 0.2) is 36.9 Å². The Morgan fingerprint density at radius 1 is 1.44 bits per heavy atom. The predicted molar refractivity (Wildman–Crippen MR) is 68.3 cm³/mol. The van der Waals surface area contributed by atoms with Crippen LogP contribution in [-0.2, 0) is 20.9 Å². The monoisotopic (exact) mass is 270 g/mol. The topological polar surface area (TPSA) is 55.8 Å². The first kappa shape index (κ1) is 14.7. The minimum Gasteiger partial charge on any atom is -0.460 e. The maximum atomic E-state index is 10.7. The summed E-state index contributed by atoms with van der Waals surface area (Å²) in [5.74, 6) is -0.569. The van der Waals surface area contributed by atoms with Crippen molar-refractivity contribution in [3.05, 3.63) is 47.5 Å². The third-order valence-corrected chi connectivity index (χ3v) is 2.48. The maximum absolute atomic E-state index is 10.7. The molecule has 0 bridgehead atoms. The fraction of sp³-hybridized carbons (Fsp3) is 0.308. The molecule has 0 aromatic heterocycles. The molecule has 1 atom stereocenters. The van der Waals surface area contributed by atoms with E-state index >= 15 is 0 Å². The molecule has 1 rings (SSSR count). The minimum atomic E-state index is -0.864. The summed E-state index contributed by atoms with van der Waals surface area (Å²) in [7, 11) is 0. The number of hydrogen-bond acceptors (Lipinski definition) is 4. The standard InChI is InChI=1S/C13H15ClO4/c1-2-13(16)18-9-11(15)8-17-7-10-5-3-4-6-12(10)14/h2-6,11,15H,1,7-9H2. The number of aliphatic hydroxyl groups is 1. The van der Waals surface area contributed by atoms with Crippen molar-refractivity contribution in [3.8, 4) is 0 Å². The second kappa shape index (κ2) is 7.87. The molecule has 0 saturated carbocycles. The van der Waals surface area contributed by atoms with Gasteiger partial charge in [-0.2, -0.15) is 0 Å². The molecular weight excluding hydrogens is 256 g/mol. The van der Waals surface area contributed by atoms with Gasteiger partial charge in [-0.3, -0.25) is 0 Å². The van der Waals surface area contributed by atoms with Gasteiger partial charge in [-0.05, 0) is 11.6 Å². The van der Waals surface area contributed by atoms with E-state index in [1.807, 2.05) is 18.2 Å². The zero-order valence-corrected chi connectivity index (χ0v) is 10.6. The lowest BCUT2D eigenvalue weighted by molar-refractivity contribution is -0.141. The van der Waals surface area contributed by atoms with Crippen molar-refractivity contribution in [1.82, 2.24) is 0 Å². The number of rotatable bonds is 7. The lowest BCUT2D eigenvalue weighted by atomic mass is 10.2. The highest BCUT2D eigenvalue weighted by atomic mass is 35.5. The lowest BCUT2D eigenvalue weighted by Gasteiger charge is -2.11. The quantitative estimate of drug-likeness (QED) is 0.608. The van der Waals surface area contributed by atoms with Crippen LogP contribution in [0.25, 0.3) is 0 Å². The smallest absolute Gasteiger partial charge is 0.330 e. The van der Waals surface area contributed by atoms with Gasteiger partial charge in [0.15, 0.2) is 0 Å². The Hall–Kier alpha value is -1.36. The van der Waals surface area contributed by atoms with Gasteiger partial charge in [0.25, 0.3) is 0 Å². The molecule has 0 aliphatic carbocycles. The van der Waals surface area contributed by atoms with Crippen LogP contribution in [-0.4, -0.2) is 30.4 Å². The molecule has 1 aromatic rings. The molecule has 18 heavy (non-hydrogen) atoms. The first-order valence-electron chi connectivity index (χ1n) is 5.42. The van der Waals surface area contributed by atoms with Crippen molar-refractivity contribution in [2.75, 3.05) is 13.2 Å². The van der Waals surface area contributed by atoms with Crippen molar-refractivity contribution in [1.29, 1.82) is 0 Å². The summed E-state index contributed by atoms with van der Waals surface area (Å²) in [6.45, 7) is 3.49. The van der Waals surface area contributed by atoms with Crippen LogP contribution in [0.5, 0.6) is 0 Å². The molecule has 0 heterocycles. The van der Waals surface area contributed by atoms with E-state index in [0.29, 0.717) is 11.6 Å². The van der Waals surface area contributed by atoms with Gasteiger partial charge in [-0.1, -0.05) is 36.4 Å². The van der Waals surface area contributed by atoms with E-state index in [9.17, 15) is 9.90 Å². The van der Waals surface area contributed by atoms with Gasteiger partial charge in [0.1, 0.15) is 12.7 Å². The fourth-order valence-electron chi connectivity index (χ4n) is 1.21. The first-order chi connectivity index (χ1) is 8.63. The van der Waals surface area contributed by atoms with Crippen LogP contribution in [0.1, 0.15) is 5.56 Å². The highest BCUT2D eigenvalue weighted by molar-refractivity contribution is 6.31.